The zero-order valence-electron chi connectivity index (χ0n) is 21.7. The van der Waals surface area contributed by atoms with Crippen molar-refractivity contribution in [1.82, 2.24) is 35.0 Å². The second-order valence-corrected chi connectivity index (χ2v) is 10.4. The summed E-state index contributed by atoms with van der Waals surface area (Å²) in [7, 11) is 0. The maximum absolute atomic E-state index is 13.6. The molecule has 7 rings (SSSR count). The molecule has 0 unspecified atom stereocenters. The predicted molar refractivity (Wildman–Crippen MR) is 143 cm³/mol. The predicted octanol–water partition coefficient (Wildman–Crippen LogP) is 2.33. The van der Waals surface area contributed by atoms with Gasteiger partial charge >= 0.3 is 0 Å². The molecule has 4 aromatic rings. The van der Waals surface area contributed by atoms with Crippen LogP contribution < -0.4 is 15.0 Å². The molecular formula is C28H31N7O4. The molecule has 2 aromatic heterocycles. The van der Waals surface area contributed by atoms with Gasteiger partial charge in [-0.15, -0.1) is 5.10 Å². The first-order valence-corrected chi connectivity index (χ1v) is 13.6. The van der Waals surface area contributed by atoms with Crippen molar-refractivity contribution in [2.75, 3.05) is 39.6 Å². The summed E-state index contributed by atoms with van der Waals surface area (Å²) in [5, 5.41) is 13.7. The van der Waals surface area contributed by atoms with Gasteiger partial charge in [0.05, 0.1) is 18.2 Å². The number of rotatable bonds is 7. The van der Waals surface area contributed by atoms with Gasteiger partial charge in [0, 0.05) is 56.3 Å². The number of aromatic amines is 1. The second-order valence-electron chi connectivity index (χ2n) is 10.4. The maximum Gasteiger partial charge on any atom is 0.253 e. The Labute approximate surface area is 225 Å². The molecular weight excluding hydrogens is 498 g/mol. The average Bonchev–Trinajstić information content (AvgIpc) is 3.73. The van der Waals surface area contributed by atoms with E-state index in [0.717, 1.165) is 57.6 Å². The zero-order valence-corrected chi connectivity index (χ0v) is 21.7. The molecule has 2 saturated heterocycles. The number of fused-ring (bicyclic) bond motifs is 2. The van der Waals surface area contributed by atoms with Crippen molar-refractivity contribution in [2.24, 2.45) is 0 Å². The highest BCUT2D eigenvalue weighted by Crippen LogP contribution is 2.36. The van der Waals surface area contributed by atoms with Crippen LogP contribution in [0, 0.1) is 0 Å². The number of hydrogen-bond donors (Lipinski definition) is 1. The third-order valence-electron chi connectivity index (χ3n) is 7.89. The van der Waals surface area contributed by atoms with Gasteiger partial charge in [-0.1, -0.05) is 30.3 Å². The minimum atomic E-state index is -0.404. The Morgan fingerprint density at radius 2 is 1.85 bits per heavy atom. The van der Waals surface area contributed by atoms with E-state index in [4.69, 9.17) is 14.2 Å². The molecule has 0 aliphatic carbocycles. The van der Waals surface area contributed by atoms with Crippen LogP contribution in [-0.2, 0) is 17.8 Å². The van der Waals surface area contributed by atoms with E-state index in [2.05, 4.69) is 54.6 Å². The number of hydrogen-bond acceptors (Lipinski definition) is 9. The Morgan fingerprint density at radius 1 is 1.03 bits per heavy atom. The van der Waals surface area contributed by atoms with Crippen LogP contribution in [0.1, 0.15) is 35.8 Å². The summed E-state index contributed by atoms with van der Waals surface area (Å²) >= 11 is 0. The van der Waals surface area contributed by atoms with Gasteiger partial charge in [-0.05, 0) is 41.0 Å². The third-order valence-corrected chi connectivity index (χ3v) is 7.89. The molecule has 1 N–H and O–H groups in total. The minimum absolute atomic E-state index is 0.0743. The molecule has 3 aliphatic rings. The molecule has 11 heteroatoms. The summed E-state index contributed by atoms with van der Waals surface area (Å²) in [6.45, 7) is 5.72. The first kappa shape index (κ1) is 24.3. The van der Waals surface area contributed by atoms with Gasteiger partial charge in [0.25, 0.3) is 5.56 Å². The van der Waals surface area contributed by atoms with Crippen molar-refractivity contribution in [2.45, 2.75) is 38.1 Å². The highest BCUT2D eigenvalue weighted by molar-refractivity contribution is 5.83. The molecule has 0 bridgehead atoms. The summed E-state index contributed by atoms with van der Waals surface area (Å²) in [6, 6.07) is 15.8. The van der Waals surface area contributed by atoms with E-state index in [9.17, 15) is 4.79 Å². The van der Waals surface area contributed by atoms with Crippen molar-refractivity contribution in [3.63, 3.8) is 0 Å². The third kappa shape index (κ3) is 4.88. The van der Waals surface area contributed by atoms with Crippen molar-refractivity contribution in [1.29, 1.82) is 0 Å². The monoisotopic (exact) mass is 529 g/mol. The lowest BCUT2D eigenvalue weighted by atomic mass is 10.0. The number of benzene rings is 2. The number of ether oxygens (including phenoxy) is 3. The molecule has 5 heterocycles. The SMILES string of the molecule is O=c1[nH]c2cc3c(cc2cc1[C@@H](c1nnnn1C[C@@H]1CCCO1)N1CCN(Cc2ccccc2)CC1)OCO3. The summed E-state index contributed by atoms with van der Waals surface area (Å²) in [5.74, 6) is 1.97. The van der Waals surface area contributed by atoms with Crippen LogP contribution in [0.5, 0.6) is 11.5 Å². The molecule has 0 spiro atoms. The molecule has 2 fully saturated rings. The van der Waals surface area contributed by atoms with Crippen molar-refractivity contribution in [3.05, 3.63) is 75.8 Å². The normalized spacial score (nSPS) is 20.6. The fraction of sp³-hybridized carbons (Fsp3) is 0.429. The van der Waals surface area contributed by atoms with E-state index < -0.39 is 6.04 Å². The first-order valence-electron chi connectivity index (χ1n) is 13.6. The summed E-state index contributed by atoms with van der Waals surface area (Å²) in [6.07, 6.45) is 2.09. The van der Waals surface area contributed by atoms with Crippen LogP contribution in [-0.4, -0.2) is 80.7 Å². The van der Waals surface area contributed by atoms with Gasteiger partial charge < -0.3 is 19.2 Å². The Bertz CT molecular complexity index is 1510. The topological polar surface area (TPSA) is 111 Å². The van der Waals surface area contributed by atoms with Crippen LogP contribution in [0.4, 0.5) is 0 Å². The Morgan fingerprint density at radius 3 is 2.64 bits per heavy atom. The van der Waals surface area contributed by atoms with Crippen LogP contribution >= 0.6 is 0 Å². The van der Waals surface area contributed by atoms with Crippen molar-refractivity contribution >= 4 is 10.9 Å². The summed E-state index contributed by atoms with van der Waals surface area (Å²) in [5.41, 5.74) is 2.46. The largest absolute Gasteiger partial charge is 0.454 e. The van der Waals surface area contributed by atoms with E-state index in [1.165, 1.54) is 5.56 Å². The number of nitrogens with zero attached hydrogens (tertiary/aromatic N) is 6. The highest BCUT2D eigenvalue weighted by Gasteiger charge is 2.33. The zero-order chi connectivity index (χ0) is 26.2. The van der Waals surface area contributed by atoms with Crippen LogP contribution in [0.25, 0.3) is 10.9 Å². The quantitative estimate of drug-likeness (QED) is 0.386. The van der Waals surface area contributed by atoms with E-state index in [0.29, 0.717) is 34.9 Å². The summed E-state index contributed by atoms with van der Waals surface area (Å²) < 4.78 is 18.8. The maximum atomic E-state index is 13.6. The lowest BCUT2D eigenvalue weighted by molar-refractivity contribution is 0.0840. The highest BCUT2D eigenvalue weighted by atomic mass is 16.7. The van der Waals surface area contributed by atoms with Crippen LogP contribution in [0.3, 0.4) is 0 Å². The molecule has 0 saturated carbocycles. The standard InChI is InChI=1S/C28H31N7O4/c36-28-22(13-20-14-24-25(39-18-38-24)15-23(20)29-28)26(27-30-31-32-35(27)17-21-7-4-12-37-21)34-10-8-33(9-11-34)16-19-5-2-1-3-6-19/h1-3,5-6,13-15,21,26H,4,7-12,16-18H2,(H,29,36)/t21-,26-/m0/s1. The van der Waals surface area contributed by atoms with Crippen LogP contribution in [0.2, 0.25) is 0 Å². The van der Waals surface area contributed by atoms with Gasteiger partial charge in [-0.3, -0.25) is 14.6 Å². The molecule has 202 valence electrons. The molecule has 0 radical (unpaired) electrons. The second kappa shape index (κ2) is 10.4. The van der Waals surface area contributed by atoms with Gasteiger partial charge in [-0.2, -0.15) is 0 Å². The van der Waals surface area contributed by atoms with Gasteiger partial charge in [0.2, 0.25) is 6.79 Å². The lowest BCUT2D eigenvalue weighted by Crippen LogP contribution is -2.48. The fourth-order valence-corrected chi connectivity index (χ4v) is 5.86. The van der Waals surface area contributed by atoms with Gasteiger partial charge in [0.1, 0.15) is 6.04 Å². The number of tetrazole rings is 1. The van der Waals surface area contributed by atoms with E-state index >= 15 is 0 Å². The van der Waals surface area contributed by atoms with Crippen molar-refractivity contribution < 1.29 is 14.2 Å². The summed E-state index contributed by atoms with van der Waals surface area (Å²) in [4.78, 5) is 21.4. The number of pyridine rings is 1. The molecule has 3 aliphatic heterocycles. The molecule has 11 nitrogen and oxygen atoms in total. The number of nitrogens with one attached hydrogen (secondary N) is 1. The van der Waals surface area contributed by atoms with Gasteiger partial charge in [-0.25, -0.2) is 4.68 Å². The Hall–Kier alpha value is -3.80. The van der Waals surface area contributed by atoms with E-state index in [-0.39, 0.29) is 18.5 Å². The van der Waals surface area contributed by atoms with Crippen molar-refractivity contribution in [3.8, 4) is 11.5 Å². The Balaban J connectivity index is 1.23. The van der Waals surface area contributed by atoms with E-state index in [1.54, 1.807) is 0 Å². The lowest BCUT2D eigenvalue weighted by Gasteiger charge is -2.38. The molecule has 2 atom stereocenters. The minimum Gasteiger partial charge on any atom is -0.454 e. The Kier molecular flexibility index (Phi) is 6.47. The molecule has 0 amide bonds. The average molecular weight is 530 g/mol. The smallest absolute Gasteiger partial charge is 0.253 e. The number of aromatic nitrogens is 5. The fourth-order valence-electron chi connectivity index (χ4n) is 5.86. The van der Waals surface area contributed by atoms with E-state index in [1.807, 2.05) is 28.9 Å². The number of H-pyrrole nitrogens is 1. The van der Waals surface area contributed by atoms with Gasteiger partial charge in [0.15, 0.2) is 17.3 Å². The first-order chi connectivity index (χ1) is 19.2. The number of piperazine rings is 1. The molecule has 39 heavy (non-hydrogen) atoms. The van der Waals surface area contributed by atoms with Crippen LogP contribution in [0.15, 0.2) is 53.3 Å². The molecule has 2 aromatic carbocycles.